The second kappa shape index (κ2) is 8.95. The highest BCUT2D eigenvalue weighted by Gasteiger charge is 2.28. The smallest absolute Gasteiger partial charge is 0.248 e. The number of ether oxygens (including phenoxy) is 3. The Labute approximate surface area is 187 Å². The van der Waals surface area contributed by atoms with Gasteiger partial charge in [-0.15, -0.1) is 0 Å². The quantitative estimate of drug-likeness (QED) is 0.644. The molecule has 32 heavy (non-hydrogen) atoms. The van der Waals surface area contributed by atoms with Crippen molar-refractivity contribution in [2.45, 2.75) is 24.5 Å². The van der Waals surface area contributed by atoms with Crippen molar-refractivity contribution in [2.24, 2.45) is 0 Å². The second-order valence-corrected chi connectivity index (χ2v) is 9.95. The molecular weight excluding hydrogens is 434 g/mol. The number of carbonyl (C=O) groups is 1. The van der Waals surface area contributed by atoms with Gasteiger partial charge in [-0.05, 0) is 30.7 Å². The van der Waals surface area contributed by atoms with Gasteiger partial charge in [-0.25, -0.2) is 13.4 Å². The number of rotatable bonds is 6. The first kappa shape index (κ1) is 22.3. The van der Waals surface area contributed by atoms with Gasteiger partial charge >= 0.3 is 0 Å². The molecule has 0 unspecified atom stereocenters. The zero-order valence-electron chi connectivity index (χ0n) is 18.4. The average molecular weight is 462 g/mol. The lowest BCUT2D eigenvalue weighted by atomic mass is 10.2. The van der Waals surface area contributed by atoms with Crippen LogP contribution in [-0.4, -0.2) is 76.5 Å². The molecule has 0 saturated carbocycles. The van der Waals surface area contributed by atoms with E-state index < -0.39 is 9.84 Å². The molecule has 10 heteroatoms. The Bertz CT molecular complexity index is 1120. The molecule has 2 aliphatic heterocycles. The summed E-state index contributed by atoms with van der Waals surface area (Å²) >= 11 is 0. The largest absolute Gasteiger partial charge is 0.490 e. The van der Waals surface area contributed by atoms with E-state index in [1.807, 2.05) is 29.2 Å². The topological polar surface area (TPSA) is 98.3 Å². The summed E-state index contributed by atoms with van der Waals surface area (Å²) in [5.74, 6) is 1.36. The van der Waals surface area contributed by atoms with Crippen LogP contribution < -0.4 is 14.4 Å². The summed E-state index contributed by atoms with van der Waals surface area (Å²) in [5, 5.41) is 0.0839. The number of nitrogens with zero attached hydrogens (tertiary/aromatic N) is 3. The fraction of sp³-hybridized carbons (Fsp3) is 0.455. The van der Waals surface area contributed by atoms with Crippen molar-refractivity contribution < 1.29 is 27.4 Å². The summed E-state index contributed by atoms with van der Waals surface area (Å²) in [6.45, 7) is 4.08. The fourth-order valence-electron chi connectivity index (χ4n) is 4.08. The lowest BCUT2D eigenvalue weighted by molar-refractivity contribution is -0.134. The van der Waals surface area contributed by atoms with Crippen LogP contribution in [0.5, 0.6) is 11.5 Å². The number of carbonyl (C=O) groups excluding carboxylic acids is 1. The molecule has 1 atom stereocenters. The third-order valence-corrected chi connectivity index (χ3v) is 6.67. The van der Waals surface area contributed by atoms with E-state index in [0.717, 1.165) is 29.8 Å². The Morgan fingerprint density at radius 2 is 2.09 bits per heavy atom. The molecule has 0 radical (unpaired) electrons. The van der Waals surface area contributed by atoms with Crippen LogP contribution in [0.25, 0.3) is 0 Å². The zero-order valence-corrected chi connectivity index (χ0v) is 19.2. The van der Waals surface area contributed by atoms with E-state index in [2.05, 4.69) is 4.98 Å². The monoisotopic (exact) mass is 461 g/mol. The van der Waals surface area contributed by atoms with Crippen LogP contribution in [0.3, 0.4) is 0 Å². The number of hydrogen-bond acceptors (Lipinski definition) is 8. The Kier molecular flexibility index (Phi) is 6.25. The summed E-state index contributed by atoms with van der Waals surface area (Å²) in [4.78, 5) is 20.0. The number of fused-ring (bicyclic) bond motifs is 1. The first-order valence-electron chi connectivity index (χ1n) is 10.4. The van der Waals surface area contributed by atoms with Crippen LogP contribution in [0.1, 0.15) is 12.0 Å². The standard InChI is InChI=1S/C22H27N3O6S/c1-15-10-16(12-23-22(15)32(3,27)28)25-8-9-30-20-5-4-17(11-19(20)25)31-18-6-7-24(13-18)21(26)14-29-2/h4-5,10-12,18H,6-9,13-14H2,1-3H3/t18-/m0/s1. The minimum absolute atomic E-state index is 0.0379. The Morgan fingerprint density at radius 1 is 1.28 bits per heavy atom. The molecular formula is C22H27N3O6S. The molecule has 1 aromatic carbocycles. The molecule has 9 nitrogen and oxygen atoms in total. The van der Waals surface area contributed by atoms with E-state index >= 15 is 0 Å². The molecule has 1 aromatic heterocycles. The van der Waals surface area contributed by atoms with Crippen molar-refractivity contribution >= 4 is 27.1 Å². The average Bonchev–Trinajstić information content (AvgIpc) is 3.21. The Morgan fingerprint density at radius 3 is 2.81 bits per heavy atom. The van der Waals surface area contributed by atoms with Crippen LogP contribution in [0, 0.1) is 6.92 Å². The summed E-state index contributed by atoms with van der Waals surface area (Å²) in [5.41, 5.74) is 2.21. The molecule has 0 bridgehead atoms. The van der Waals surface area contributed by atoms with Gasteiger partial charge in [0.2, 0.25) is 5.91 Å². The SMILES string of the molecule is COCC(=O)N1CC[C@H](Oc2ccc3c(c2)N(c2cnc(S(C)(=O)=O)c(C)c2)CCO3)C1. The van der Waals surface area contributed by atoms with Crippen molar-refractivity contribution in [1.29, 1.82) is 0 Å². The number of aryl methyl sites for hydroxylation is 1. The number of anilines is 2. The normalized spacial score (nSPS) is 18.3. The van der Waals surface area contributed by atoms with Gasteiger partial charge in [0.1, 0.15) is 30.8 Å². The predicted molar refractivity (Wildman–Crippen MR) is 119 cm³/mol. The fourth-order valence-corrected chi connectivity index (χ4v) is 4.97. The minimum Gasteiger partial charge on any atom is -0.490 e. The molecule has 4 rings (SSSR count). The first-order valence-corrected chi connectivity index (χ1v) is 12.3. The molecule has 2 aliphatic rings. The van der Waals surface area contributed by atoms with E-state index in [9.17, 15) is 13.2 Å². The number of likely N-dealkylation sites (tertiary alicyclic amines) is 1. The molecule has 172 valence electrons. The third-order valence-electron chi connectivity index (χ3n) is 5.54. The van der Waals surface area contributed by atoms with Crippen molar-refractivity contribution in [3.05, 3.63) is 36.0 Å². The van der Waals surface area contributed by atoms with Crippen LogP contribution in [-0.2, 0) is 19.4 Å². The summed E-state index contributed by atoms with van der Waals surface area (Å²) < 4.78 is 40.7. The maximum Gasteiger partial charge on any atom is 0.248 e. The first-order chi connectivity index (χ1) is 15.3. The van der Waals surface area contributed by atoms with E-state index in [-0.39, 0.29) is 23.6 Å². The molecule has 1 fully saturated rings. The van der Waals surface area contributed by atoms with Crippen molar-refractivity contribution in [1.82, 2.24) is 9.88 Å². The highest BCUT2D eigenvalue weighted by Crippen LogP contribution is 2.39. The zero-order chi connectivity index (χ0) is 22.9. The number of amides is 1. The number of benzene rings is 1. The van der Waals surface area contributed by atoms with Gasteiger partial charge in [-0.3, -0.25) is 4.79 Å². The maximum atomic E-state index is 12.0. The molecule has 2 aromatic rings. The number of aromatic nitrogens is 1. The Hall–Kier alpha value is -2.85. The van der Waals surface area contributed by atoms with Gasteiger partial charge in [0.05, 0.1) is 30.7 Å². The summed E-state index contributed by atoms with van der Waals surface area (Å²) in [6, 6.07) is 7.46. The molecule has 0 spiro atoms. The van der Waals surface area contributed by atoms with Gasteiger partial charge in [0, 0.05) is 32.4 Å². The van der Waals surface area contributed by atoms with E-state index in [0.29, 0.717) is 37.6 Å². The van der Waals surface area contributed by atoms with Crippen LogP contribution in [0.2, 0.25) is 0 Å². The van der Waals surface area contributed by atoms with E-state index in [1.54, 1.807) is 18.0 Å². The molecule has 0 aliphatic carbocycles. The minimum atomic E-state index is -3.39. The number of methoxy groups -OCH3 is 1. The third kappa shape index (κ3) is 4.66. The van der Waals surface area contributed by atoms with Crippen molar-refractivity contribution in [3.8, 4) is 11.5 Å². The number of hydrogen-bond donors (Lipinski definition) is 0. The molecule has 1 amide bonds. The lowest BCUT2D eigenvalue weighted by Gasteiger charge is -2.32. The van der Waals surface area contributed by atoms with Gasteiger partial charge in [-0.1, -0.05) is 0 Å². The lowest BCUT2D eigenvalue weighted by Crippen LogP contribution is -2.33. The van der Waals surface area contributed by atoms with Crippen LogP contribution in [0.15, 0.2) is 35.5 Å². The number of sulfone groups is 1. The predicted octanol–water partition coefficient (Wildman–Crippen LogP) is 1.95. The maximum absolute atomic E-state index is 12.0. The molecule has 3 heterocycles. The Balaban J connectivity index is 1.54. The molecule has 0 N–H and O–H groups in total. The number of pyridine rings is 1. The van der Waals surface area contributed by atoms with E-state index in [4.69, 9.17) is 14.2 Å². The highest BCUT2D eigenvalue weighted by atomic mass is 32.2. The van der Waals surface area contributed by atoms with Gasteiger partial charge in [-0.2, -0.15) is 0 Å². The van der Waals surface area contributed by atoms with Crippen LogP contribution >= 0.6 is 0 Å². The molecule has 1 saturated heterocycles. The summed E-state index contributed by atoms with van der Waals surface area (Å²) in [6.07, 6.45) is 3.39. The summed E-state index contributed by atoms with van der Waals surface area (Å²) in [7, 11) is -1.88. The highest BCUT2D eigenvalue weighted by molar-refractivity contribution is 7.90. The van der Waals surface area contributed by atoms with Crippen molar-refractivity contribution in [2.75, 3.05) is 51.1 Å². The van der Waals surface area contributed by atoms with Gasteiger partial charge < -0.3 is 24.0 Å². The van der Waals surface area contributed by atoms with E-state index in [1.165, 1.54) is 7.11 Å². The van der Waals surface area contributed by atoms with Gasteiger partial charge in [0.15, 0.2) is 14.9 Å². The second-order valence-electron chi connectivity index (χ2n) is 8.02. The van der Waals surface area contributed by atoms with Crippen LogP contribution in [0.4, 0.5) is 11.4 Å². The van der Waals surface area contributed by atoms with Gasteiger partial charge in [0.25, 0.3) is 0 Å². The van der Waals surface area contributed by atoms with Crippen molar-refractivity contribution in [3.63, 3.8) is 0 Å².